The van der Waals surface area contributed by atoms with Crippen molar-refractivity contribution in [3.8, 4) is 5.75 Å². The number of carbonyl (C=O) groups is 2. The van der Waals surface area contributed by atoms with Gasteiger partial charge in [-0.3, -0.25) is 14.6 Å². The number of piperidine rings is 1. The van der Waals surface area contributed by atoms with Crippen molar-refractivity contribution in [2.24, 2.45) is 5.92 Å². The lowest BCUT2D eigenvalue weighted by Crippen LogP contribution is -2.47. The van der Waals surface area contributed by atoms with Crippen LogP contribution in [0.1, 0.15) is 19.3 Å². The highest BCUT2D eigenvalue weighted by molar-refractivity contribution is 6.00. The minimum Gasteiger partial charge on any atom is -0.488 e. The van der Waals surface area contributed by atoms with Crippen LogP contribution in [0.4, 0.5) is 5.69 Å². The normalized spacial score (nSPS) is 22.7. The summed E-state index contributed by atoms with van der Waals surface area (Å²) >= 11 is 0. The SMILES string of the molecule is O=C(C1CC(=O)N(c2ccccc2)C1)N1CCCC(Oc2ccncc2)C1. The number of amides is 2. The van der Waals surface area contributed by atoms with Crippen LogP contribution in [0.15, 0.2) is 54.9 Å². The molecule has 0 saturated carbocycles. The van der Waals surface area contributed by atoms with Crippen LogP contribution < -0.4 is 9.64 Å². The molecule has 2 amide bonds. The maximum absolute atomic E-state index is 13.0. The highest BCUT2D eigenvalue weighted by Gasteiger charge is 2.38. The number of anilines is 1. The molecule has 2 unspecified atom stereocenters. The quantitative estimate of drug-likeness (QED) is 0.835. The molecule has 0 aliphatic carbocycles. The zero-order chi connectivity index (χ0) is 18.6. The van der Waals surface area contributed by atoms with Crippen molar-refractivity contribution in [1.82, 2.24) is 9.88 Å². The fourth-order valence-electron chi connectivity index (χ4n) is 3.83. The van der Waals surface area contributed by atoms with E-state index >= 15 is 0 Å². The lowest BCUT2D eigenvalue weighted by Gasteiger charge is -2.34. The molecule has 0 spiro atoms. The number of aromatic nitrogens is 1. The molecule has 1 aromatic carbocycles. The monoisotopic (exact) mass is 365 g/mol. The summed E-state index contributed by atoms with van der Waals surface area (Å²) in [5, 5.41) is 0. The maximum atomic E-state index is 13.0. The first-order chi connectivity index (χ1) is 13.2. The first kappa shape index (κ1) is 17.5. The number of rotatable bonds is 4. The van der Waals surface area contributed by atoms with Crippen LogP contribution in [-0.2, 0) is 9.59 Å². The number of nitrogens with zero attached hydrogens (tertiary/aromatic N) is 3. The van der Waals surface area contributed by atoms with Crippen LogP contribution >= 0.6 is 0 Å². The third-order valence-corrected chi connectivity index (χ3v) is 5.18. The molecule has 2 aliphatic heterocycles. The van der Waals surface area contributed by atoms with E-state index in [1.807, 2.05) is 47.4 Å². The van der Waals surface area contributed by atoms with Crippen LogP contribution in [0.3, 0.4) is 0 Å². The van der Waals surface area contributed by atoms with Gasteiger partial charge in [0.25, 0.3) is 0 Å². The summed E-state index contributed by atoms with van der Waals surface area (Å²) in [6.07, 6.45) is 5.48. The molecule has 0 radical (unpaired) electrons. The van der Waals surface area contributed by atoms with Crippen molar-refractivity contribution < 1.29 is 14.3 Å². The van der Waals surface area contributed by atoms with Crippen LogP contribution in [0.5, 0.6) is 5.75 Å². The number of likely N-dealkylation sites (tertiary alicyclic amines) is 1. The van der Waals surface area contributed by atoms with Gasteiger partial charge in [0.15, 0.2) is 0 Å². The highest BCUT2D eigenvalue weighted by atomic mass is 16.5. The average Bonchev–Trinajstić information content (AvgIpc) is 3.11. The zero-order valence-electron chi connectivity index (χ0n) is 15.2. The molecule has 140 valence electrons. The third kappa shape index (κ3) is 3.94. The second kappa shape index (κ2) is 7.78. The van der Waals surface area contributed by atoms with Gasteiger partial charge in [0.2, 0.25) is 11.8 Å². The Kier molecular flexibility index (Phi) is 5.05. The topological polar surface area (TPSA) is 62.7 Å². The van der Waals surface area contributed by atoms with E-state index in [0.717, 1.165) is 30.8 Å². The number of ether oxygens (including phenoxy) is 1. The van der Waals surface area contributed by atoms with Crippen LogP contribution in [0.25, 0.3) is 0 Å². The van der Waals surface area contributed by atoms with Crippen molar-refractivity contribution in [2.45, 2.75) is 25.4 Å². The van der Waals surface area contributed by atoms with Gasteiger partial charge in [-0.15, -0.1) is 0 Å². The van der Waals surface area contributed by atoms with Crippen molar-refractivity contribution in [1.29, 1.82) is 0 Å². The average molecular weight is 365 g/mol. The van der Waals surface area contributed by atoms with Gasteiger partial charge in [0, 0.05) is 37.6 Å². The summed E-state index contributed by atoms with van der Waals surface area (Å²) in [4.78, 5) is 33.0. The van der Waals surface area contributed by atoms with E-state index < -0.39 is 0 Å². The predicted molar refractivity (Wildman–Crippen MR) is 101 cm³/mol. The molecule has 0 N–H and O–H groups in total. The molecule has 2 saturated heterocycles. The Bertz CT molecular complexity index is 797. The first-order valence-corrected chi connectivity index (χ1v) is 9.41. The van der Waals surface area contributed by atoms with E-state index in [1.165, 1.54) is 0 Å². The second-order valence-electron chi connectivity index (χ2n) is 7.09. The Balaban J connectivity index is 1.38. The lowest BCUT2D eigenvalue weighted by molar-refractivity contribution is -0.138. The Hall–Kier alpha value is -2.89. The van der Waals surface area contributed by atoms with Crippen molar-refractivity contribution in [3.05, 3.63) is 54.9 Å². The summed E-state index contributed by atoms with van der Waals surface area (Å²) in [7, 11) is 0. The van der Waals surface area contributed by atoms with Gasteiger partial charge in [0.1, 0.15) is 11.9 Å². The Morgan fingerprint density at radius 1 is 1.07 bits per heavy atom. The van der Waals surface area contributed by atoms with Gasteiger partial charge >= 0.3 is 0 Å². The summed E-state index contributed by atoms with van der Waals surface area (Å²) < 4.78 is 6.00. The van der Waals surface area contributed by atoms with Crippen molar-refractivity contribution >= 4 is 17.5 Å². The van der Waals surface area contributed by atoms with E-state index in [-0.39, 0.29) is 30.3 Å². The molecule has 6 nitrogen and oxygen atoms in total. The number of hydrogen-bond acceptors (Lipinski definition) is 4. The molecule has 27 heavy (non-hydrogen) atoms. The number of pyridine rings is 1. The minimum atomic E-state index is -0.280. The molecule has 2 atom stereocenters. The Labute approximate surface area is 158 Å². The molecular formula is C21H23N3O3. The zero-order valence-corrected chi connectivity index (χ0v) is 15.2. The second-order valence-corrected chi connectivity index (χ2v) is 7.09. The standard InChI is InChI=1S/C21H23N3O3/c25-20-13-16(14-24(20)17-5-2-1-3-6-17)21(26)23-12-4-7-19(15-23)27-18-8-10-22-11-9-18/h1-3,5-6,8-11,16,19H,4,7,12-15H2. The first-order valence-electron chi connectivity index (χ1n) is 9.41. The van der Waals surface area contributed by atoms with E-state index in [0.29, 0.717) is 13.1 Å². The Morgan fingerprint density at radius 3 is 2.63 bits per heavy atom. The summed E-state index contributed by atoms with van der Waals surface area (Å²) in [6.45, 7) is 1.75. The summed E-state index contributed by atoms with van der Waals surface area (Å²) in [5.74, 6) is 0.568. The Morgan fingerprint density at radius 2 is 1.85 bits per heavy atom. The smallest absolute Gasteiger partial charge is 0.228 e. The predicted octanol–water partition coefficient (Wildman–Crippen LogP) is 2.50. The van der Waals surface area contributed by atoms with Crippen LogP contribution in [0, 0.1) is 5.92 Å². The molecule has 2 aromatic rings. The van der Waals surface area contributed by atoms with Crippen LogP contribution in [0.2, 0.25) is 0 Å². The van der Waals surface area contributed by atoms with E-state index in [2.05, 4.69) is 4.98 Å². The van der Waals surface area contributed by atoms with Crippen molar-refractivity contribution in [3.63, 3.8) is 0 Å². The fraction of sp³-hybridized carbons (Fsp3) is 0.381. The van der Waals surface area contributed by atoms with Gasteiger partial charge in [0.05, 0.1) is 12.5 Å². The van der Waals surface area contributed by atoms with E-state index in [4.69, 9.17) is 4.74 Å². The third-order valence-electron chi connectivity index (χ3n) is 5.18. The van der Waals surface area contributed by atoms with Gasteiger partial charge < -0.3 is 14.5 Å². The number of hydrogen-bond donors (Lipinski definition) is 0. The van der Waals surface area contributed by atoms with Gasteiger partial charge in [-0.2, -0.15) is 0 Å². The largest absolute Gasteiger partial charge is 0.488 e. The molecule has 3 heterocycles. The number of para-hydroxylation sites is 1. The molecule has 2 fully saturated rings. The highest BCUT2D eigenvalue weighted by Crippen LogP contribution is 2.27. The maximum Gasteiger partial charge on any atom is 0.228 e. The van der Waals surface area contributed by atoms with Crippen LogP contribution in [-0.4, -0.2) is 47.4 Å². The minimum absolute atomic E-state index is 0.0149. The van der Waals surface area contributed by atoms with Gasteiger partial charge in [-0.25, -0.2) is 0 Å². The van der Waals surface area contributed by atoms with Gasteiger partial charge in [-0.1, -0.05) is 18.2 Å². The van der Waals surface area contributed by atoms with E-state index in [9.17, 15) is 9.59 Å². The molecule has 0 bridgehead atoms. The molecular weight excluding hydrogens is 342 g/mol. The summed E-state index contributed by atoms with van der Waals surface area (Å²) in [6, 6.07) is 13.2. The molecule has 2 aliphatic rings. The molecule has 4 rings (SSSR count). The number of benzene rings is 1. The van der Waals surface area contributed by atoms with Gasteiger partial charge in [-0.05, 0) is 37.1 Å². The molecule has 1 aromatic heterocycles. The molecule has 6 heteroatoms. The van der Waals surface area contributed by atoms with E-state index in [1.54, 1.807) is 17.3 Å². The lowest BCUT2D eigenvalue weighted by atomic mass is 10.0. The van der Waals surface area contributed by atoms with Crippen molar-refractivity contribution in [2.75, 3.05) is 24.5 Å². The summed E-state index contributed by atoms with van der Waals surface area (Å²) in [5.41, 5.74) is 0.857. The fourth-order valence-corrected chi connectivity index (χ4v) is 3.83. The number of carbonyl (C=O) groups excluding carboxylic acids is 2.